The first-order valence-electron chi connectivity index (χ1n) is 7.86. The molecule has 1 amide bonds. The fourth-order valence-corrected chi connectivity index (χ4v) is 3.78. The molecule has 1 aliphatic heterocycles. The Morgan fingerprint density at radius 2 is 2.04 bits per heavy atom. The molecule has 1 unspecified atom stereocenters. The number of nitrogens with zero attached hydrogens (tertiary/aromatic N) is 3. The summed E-state index contributed by atoms with van der Waals surface area (Å²) in [7, 11) is 0. The number of amides is 1. The Labute approximate surface area is 143 Å². The van der Waals surface area contributed by atoms with Gasteiger partial charge in [-0.05, 0) is 48.6 Å². The molecule has 3 heterocycles. The number of rotatable bonds is 3. The summed E-state index contributed by atoms with van der Waals surface area (Å²) >= 11 is 1.56. The maximum absolute atomic E-state index is 12.5. The van der Waals surface area contributed by atoms with Gasteiger partial charge >= 0.3 is 0 Å². The molecule has 0 saturated carbocycles. The van der Waals surface area contributed by atoms with Crippen LogP contribution in [-0.4, -0.2) is 22.6 Å². The monoisotopic (exact) mass is 339 g/mol. The quantitative estimate of drug-likeness (QED) is 0.725. The van der Waals surface area contributed by atoms with E-state index >= 15 is 0 Å². The summed E-state index contributed by atoms with van der Waals surface area (Å²) in [6.45, 7) is 4.67. The molecule has 0 aliphatic carbocycles. The molecule has 0 radical (unpaired) electrons. The predicted molar refractivity (Wildman–Crippen MR) is 93.2 cm³/mol. The first kappa shape index (κ1) is 15.1. The zero-order valence-electron chi connectivity index (χ0n) is 13.5. The fourth-order valence-electron chi connectivity index (χ4n) is 3.14. The van der Waals surface area contributed by atoms with Gasteiger partial charge < -0.3 is 9.42 Å². The Morgan fingerprint density at radius 1 is 1.25 bits per heavy atom. The summed E-state index contributed by atoms with van der Waals surface area (Å²) in [5.41, 5.74) is 3.25. The zero-order valence-corrected chi connectivity index (χ0v) is 14.3. The summed E-state index contributed by atoms with van der Waals surface area (Å²) < 4.78 is 5.36. The Kier molecular flexibility index (Phi) is 3.69. The number of carbonyl (C=O) groups is 1. The number of carbonyl (C=O) groups excluding carboxylic acids is 1. The molecular weight excluding hydrogens is 322 g/mol. The number of anilines is 1. The van der Waals surface area contributed by atoms with Crippen molar-refractivity contribution in [2.75, 3.05) is 11.4 Å². The van der Waals surface area contributed by atoms with Crippen molar-refractivity contribution in [3.63, 3.8) is 0 Å². The van der Waals surface area contributed by atoms with E-state index < -0.39 is 0 Å². The minimum atomic E-state index is -0.0317. The van der Waals surface area contributed by atoms with Crippen LogP contribution in [-0.2, 0) is 4.79 Å². The van der Waals surface area contributed by atoms with Crippen LogP contribution in [0.4, 0.5) is 5.69 Å². The lowest BCUT2D eigenvalue weighted by Crippen LogP contribution is -2.24. The van der Waals surface area contributed by atoms with E-state index in [4.69, 9.17) is 4.52 Å². The van der Waals surface area contributed by atoms with Gasteiger partial charge in [-0.3, -0.25) is 4.79 Å². The van der Waals surface area contributed by atoms with Crippen LogP contribution in [0.1, 0.15) is 29.3 Å². The van der Waals surface area contributed by atoms with Crippen molar-refractivity contribution in [2.24, 2.45) is 0 Å². The summed E-state index contributed by atoms with van der Waals surface area (Å²) in [5.74, 6) is 1.21. The minimum Gasteiger partial charge on any atom is -0.333 e. The van der Waals surface area contributed by atoms with Crippen LogP contribution < -0.4 is 4.90 Å². The van der Waals surface area contributed by atoms with Crippen molar-refractivity contribution < 1.29 is 9.32 Å². The normalized spacial score (nSPS) is 17.7. The smallest absolute Gasteiger partial charge is 0.267 e. The molecule has 24 heavy (non-hydrogen) atoms. The van der Waals surface area contributed by atoms with E-state index in [1.54, 1.807) is 11.3 Å². The van der Waals surface area contributed by atoms with Crippen LogP contribution in [0.5, 0.6) is 0 Å². The second-order valence-electron chi connectivity index (χ2n) is 6.19. The average molecular weight is 339 g/mol. The van der Waals surface area contributed by atoms with Gasteiger partial charge in [-0.25, -0.2) is 0 Å². The molecule has 122 valence electrons. The Morgan fingerprint density at radius 3 is 2.75 bits per heavy atom. The molecule has 0 N–H and O–H groups in total. The molecule has 1 saturated heterocycles. The molecule has 5 nitrogen and oxygen atoms in total. The molecule has 4 rings (SSSR count). The molecule has 6 heteroatoms. The third-order valence-corrected chi connectivity index (χ3v) is 5.04. The van der Waals surface area contributed by atoms with E-state index in [-0.39, 0.29) is 11.8 Å². The lowest BCUT2D eigenvalue weighted by Gasteiger charge is -2.17. The van der Waals surface area contributed by atoms with Crippen LogP contribution in [0, 0.1) is 13.8 Å². The van der Waals surface area contributed by atoms with Crippen LogP contribution >= 0.6 is 11.3 Å². The number of hydrogen-bond acceptors (Lipinski definition) is 5. The minimum absolute atomic E-state index is 0.0317. The van der Waals surface area contributed by atoms with Gasteiger partial charge in [0.1, 0.15) is 0 Å². The van der Waals surface area contributed by atoms with Crippen LogP contribution in [0.15, 0.2) is 40.2 Å². The van der Waals surface area contributed by atoms with Gasteiger partial charge in [-0.1, -0.05) is 17.3 Å². The van der Waals surface area contributed by atoms with Crippen molar-refractivity contribution in [1.29, 1.82) is 0 Å². The number of aryl methyl sites for hydroxylation is 2. The van der Waals surface area contributed by atoms with E-state index in [9.17, 15) is 4.79 Å². The lowest BCUT2D eigenvalue weighted by molar-refractivity contribution is -0.117. The summed E-state index contributed by atoms with van der Waals surface area (Å²) in [5, 5.41) is 6.07. The van der Waals surface area contributed by atoms with E-state index in [0.717, 1.165) is 21.7 Å². The van der Waals surface area contributed by atoms with Crippen LogP contribution in [0.2, 0.25) is 0 Å². The van der Waals surface area contributed by atoms with E-state index in [1.165, 1.54) is 0 Å². The van der Waals surface area contributed by atoms with Crippen molar-refractivity contribution in [2.45, 2.75) is 26.2 Å². The highest BCUT2D eigenvalue weighted by molar-refractivity contribution is 7.13. The van der Waals surface area contributed by atoms with Crippen molar-refractivity contribution in [3.8, 4) is 10.8 Å². The molecule has 0 spiro atoms. The third-order valence-electron chi connectivity index (χ3n) is 4.18. The zero-order chi connectivity index (χ0) is 16.7. The van der Waals surface area contributed by atoms with Gasteiger partial charge in [0.05, 0.1) is 4.88 Å². The van der Waals surface area contributed by atoms with Gasteiger partial charge in [0.25, 0.3) is 5.89 Å². The predicted octanol–water partition coefficient (Wildman–Crippen LogP) is 3.94. The fraction of sp³-hybridized carbons (Fsp3) is 0.278. The molecule has 3 aromatic rings. The van der Waals surface area contributed by atoms with Crippen LogP contribution in [0.3, 0.4) is 0 Å². The maximum atomic E-state index is 12.5. The number of aromatic nitrogens is 2. The number of hydrogen-bond donors (Lipinski definition) is 0. The van der Waals surface area contributed by atoms with E-state index in [0.29, 0.717) is 24.7 Å². The first-order chi connectivity index (χ1) is 11.6. The first-order valence-corrected chi connectivity index (χ1v) is 8.74. The average Bonchev–Trinajstić information content (AvgIpc) is 3.26. The summed E-state index contributed by atoms with van der Waals surface area (Å²) in [6, 6.07) is 10.1. The van der Waals surface area contributed by atoms with E-state index in [2.05, 4.69) is 16.2 Å². The largest absolute Gasteiger partial charge is 0.333 e. The van der Waals surface area contributed by atoms with Crippen LogP contribution in [0.25, 0.3) is 10.8 Å². The Bertz CT molecular complexity index is 865. The molecule has 0 bridgehead atoms. The maximum Gasteiger partial charge on any atom is 0.267 e. The lowest BCUT2D eigenvalue weighted by atomic mass is 10.1. The molecule has 1 fully saturated rings. The second kappa shape index (κ2) is 5.87. The van der Waals surface area contributed by atoms with Crippen molar-refractivity contribution in [1.82, 2.24) is 10.1 Å². The summed E-state index contributed by atoms with van der Waals surface area (Å²) in [6.07, 6.45) is 0.413. The van der Waals surface area contributed by atoms with Gasteiger partial charge in [-0.15, -0.1) is 11.3 Å². The molecular formula is C18H17N3O2S. The standard InChI is InChI=1S/C18H17N3O2S/c1-11-6-12(2)8-14(7-11)21-10-13(9-16(21)22)17-19-18(23-20-17)15-4-3-5-24-15/h3-8,13H,9-10H2,1-2H3. The van der Waals surface area contributed by atoms with Gasteiger partial charge in [0.2, 0.25) is 5.91 Å². The Hall–Kier alpha value is -2.47. The van der Waals surface area contributed by atoms with Gasteiger partial charge in [-0.2, -0.15) is 4.98 Å². The SMILES string of the molecule is Cc1cc(C)cc(N2CC(c3noc(-c4cccs4)n3)CC2=O)c1. The summed E-state index contributed by atoms with van der Waals surface area (Å²) in [4.78, 5) is 19.7. The Balaban J connectivity index is 1.58. The van der Waals surface area contributed by atoms with Gasteiger partial charge in [0.15, 0.2) is 5.82 Å². The molecule has 1 aliphatic rings. The van der Waals surface area contributed by atoms with Crippen molar-refractivity contribution in [3.05, 3.63) is 52.7 Å². The highest BCUT2D eigenvalue weighted by atomic mass is 32.1. The number of thiophene rings is 1. The molecule has 2 aromatic heterocycles. The molecule has 1 atom stereocenters. The van der Waals surface area contributed by atoms with Gasteiger partial charge in [0, 0.05) is 24.6 Å². The van der Waals surface area contributed by atoms with E-state index in [1.807, 2.05) is 48.4 Å². The van der Waals surface area contributed by atoms with Crippen molar-refractivity contribution >= 4 is 22.9 Å². The topological polar surface area (TPSA) is 59.2 Å². The molecule has 1 aromatic carbocycles. The highest BCUT2D eigenvalue weighted by Crippen LogP contribution is 2.33. The third kappa shape index (κ3) is 2.73. The highest BCUT2D eigenvalue weighted by Gasteiger charge is 2.34. The number of benzene rings is 1. The second-order valence-corrected chi connectivity index (χ2v) is 7.13.